The van der Waals surface area contributed by atoms with Gasteiger partial charge in [-0.2, -0.15) is 0 Å². The quantitative estimate of drug-likeness (QED) is 0.676. The number of carbonyl (C=O) groups excluding carboxylic acids is 2. The molecule has 5 nitrogen and oxygen atoms in total. The summed E-state index contributed by atoms with van der Waals surface area (Å²) in [5.74, 6) is -0.449. The fourth-order valence-electron chi connectivity index (χ4n) is 3.62. The van der Waals surface area contributed by atoms with Gasteiger partial charge in [-0.25, -0.2) is 4.79 Å². The molecule has 0 atom stereocenters. The molecule has 2 aromatic rings. The molecule has 158 valence electrons. The van der Waals surface area contributed by atoms with E-state index in [2.05, 4.69) is 23.2 Å². The van der Waals surface area contributed by atoms with Crippen LogP contribution in [0.5, 0.6) is 0 Å². The highest BCUT2D eigenvalue weighted by atomic mass is 35.5. The molecule has 1 aliphatic rings. The number of hydrogen-bond acceptors (Lipinski definition) is 5. The number of halogens is 1. The molecule has 0 bridgehead atoms. The van der Waals surface area contributed by atoms with E-state index in [1.165, 1.54) is 16.9 Å². The number of likely N-dealkylation sites (N-methyl/N-ethyl adjacent to an activating group) is 1. The molecule has 0 unspecified atom stereocenters. The SMILES string of the molecule is CCOC(=O)c1c(NC(=O)Cc2ccc(C)cc2C)sc2c1CCN(CC)C2.Cl. The number of rotatable bonds is 6. The Bertz CT molecular complexity index is 894. The van der Waals surface area contributed by atoms with Crippen LogP contribution in [-0.2, 0) is 28.9 Å². The topological polar surface area (TPSA) is 58.6 Å². The van der Waals surface area contributed by atoms with Crippen LogP contribution in [-0.4, -0.2) is 36.5 Å². The third kappa shape index (κ3) is 5.38. The van der Waals surface area contributed by atoms with Crippen molar-refractivity contribution < 1.29 is 14.3 Å². The fourth-order valence-corrected chi connectivity index (χ4v) is 4.92. The number of benzene rings is 1. The van der Waals surface area contributed by atoms with E-state index in [4.69, 9.17) is 4.74 Å². The molecule has 0 radical (unpaired) electrons. The van der Waals surface area contributed by atoms with Crippen LogP contribution < -0.4 is 5.32 Å². The van der Waals surface area contributed by atoms with Gasteiger partial charge in [-0.05, 0) is 50.4 Å². The zero-order chi connectivity index (χ0) is 20.3. The second-order valence-corrected chi connectivity index (χ2v) is 8.31. The summed E-state index contributed by atoms with van der Waals surface area (Å²) < 4.78 is 5.28. The molecule has 1 amide bonds. The molecule has 29 heavy (non-hydrogen) atoms. The minimum atomic E-state index is -0.341. The van der Waals surface area contributed by atoms with E-state index < -0.39 is 0 Å². The first-order valence-corrected chi connectivity index (χ1v) is 10.6. The van der Waals surface area contributed by atoms with Gasteiger partial charge in [-0.15, -0.1) is 23.7 Å². The van der Waals surface area contributed by atoms with Crippen molar-refractivity contribution in [3.8, 4) is 0 Å². The molecule has 1 aliphatic heterocycles. The second kappa shape index (κ2) is 10.2. The number of esters is 1. The molecule has 1 aromatic carbocycles. The maximum Gasteiger partial charge on any atom is 0.341 e. The summed E-state index contributed by atoms with van der Waals surface area (Å²) in [6.45, 7) is 11.0. The summed E-state index contributed by atoms with van der Waals surface area (Å²) >= 11 is 1.51. The first-order chi connectivity index (χ1) is 13.4. The van der Waals surface area contributed by atoms with Crippen molar-refractivity contribution in [1.82, 2.24) is 4.90 Å². The van der Waals surface area contributed by atoms with Gasteiger partial charge >= 0.3 is 5.97 Å². The zero-order valence-electron chi connectivity index (χ0n) is 17.5. The minimum Gasteiger partial charge on any atom is -0.462 e. The van der Waals surface area contributed by atoms with Gasteiger partial charge < -0.3 is 10.1 Å². The van der Waals surface area contributed by atoms with Crippen LogP contribution in [0.25, 0.3) is 0 Å². The van der Waals surface area contributed by atoms with Gasteiger partial charge in [0.25, 0.3) is 0 Å². The van der Waals surface area contributed by atoms with Crippen LogP contribution in [0.15, 0.2) is 18.2 Å². The summed E-state index contributed by atoms with van der Waals surface area (Å²) in [5.41, 5.74) is 4.86. The molecule has 3 rings (SSSR count). The van der Waals surface area contributed by atoms with Gasteiger partial charge in [-0.1, -0.05) is 30.7 Å². The average molecular weight is 437 g/mol. The number of anilines is 1. The van der Waals surface area contributed by atoms with Crippen LogP contribution >= 0.6 is 23.7 Å². The molecule has 2 heterocycles. The lowest BCUT2D eigenvalue weighted by molar-refractivity contribution is -0.115. The van der Waals surface area contributed by atoms with Crippen molar-refractivity contribution in [3.05, 3.63) is 50.9 Å². The van der Waals surface area contributed by atoms with E-state index in [1.54, 1.807) is 6.92 Å². The number of fused-ring (bicyclic) bond motifs is 1. The number of nitrogens with zero attached hydrogens (tertiary/aromatic N) is 1. The van der Waals surface area contributed by atoms with Crippen molar-refractivity contribution in [2.45, 2.75) is 47.1 Å². The lowest BCUT2D eigenvalue weighted by atomic mass is 10.0. The second-order valence-electron chi connectivity index (χ2n) is 7.20. The lowest BCUT2D eigenvalue weighted by Crippen LogP contribution is -2.30. The van der Waals surface area contributed by atoms with Gasteiger partial charge in [0.1, 0.15) is 5.00 Å². The first-order valence-electron chi connectivity index (χ1n) is 9.82. The number of aryl methyl sites for hydroxylation is 2. The number of carbonyl (C=O) groups is 2. The van der Waals surface area contributed by atoms with Gasteiger partial charge in [0.05, 0.1) is 18.6 Å². The molecule has 0 aliphatic carbocycles. The Labute approximate surface area is 182 Å². The van der Waals surface area contributed by atoms with E-state index in [9.17, 15) is 9.59 Å². The largest absolute Gasteiger partial charge is 0.462 e. The summed E-state index contributed by atoms with van der Waals surface area (Å²) in [4.78, 5) is 28.8. The lowest BCUT2D eigenvalue weighted by Gasteiger charge is -2.25. The third-order valence-corrected chi connectivity index (χ3v) is 6.30. The highest BCUT2D eigenvalue weighted by Gasteiger charge is 2.29. The van der Waals surface area contributed by atoms with Gasteiger partial charge in [0.2, 0.25) is 5.91 Å². The van der Waals surface area contributed by atoms with Crippen molar-refractivity contribution >= 4 is 40.6 Å². The Hall–Kier alpha value is -1.89. The maximum absolute atomic E-state index is 12.7. The van der Waals surface area contributed by atoms with Crippen molar-refractivity contribution in [3.63, 3.8) is 0 Å². The number of hydrogen-bond donors (Lipinski definition) is 1. The Morgan fingerprint density at radius 2 is 2.00 bits per heavy atom. The van der Waals surface area contributed by atoms with E-state index >= 15 is 0 Å². The smallest absolute Gasteiger partial charge is 0.341 e. The Balaban J connectivity index is 0.00000300. The highest BCUT2D eigenvalue weighted by Crippen LogP contribution is 2.37. The monoisotopic (exact) mass is 436 g/mol. The molecular formula is C22H29ClN2O3S. The predicted molar refractivity (Wildman–Crippen MR) is 120 cm³/mol. The fraction of sp³-hybridized carbons (Fsp3) is 0.455. The molecule has 0 saturated carbocycles. The Kier molecular flexibility index (Phi) is 8.25. The Morgan fingerprint density at radius 1 is 1.24 bits per heavy atom. The molecule has 0 saturated heterocycles. The van der Waals surface area contributed by atoms with Gasteiger partial charge in [0, 0.05) is 18.0 Å². The van der Waals surface area contributed by atoms with Crippen LogP contribution in [0.2, 0.25) is 0 Å². The first kappa shape index (κ1) is 23.4. The van der Waals surface area contributed by atoms with Crippen LogP contribution in [0.3, 0.4) is 0 Å². The van der Waals surface area contributed by atoms with Crippen LogP contribution in [0, 0.1) is 13.8 Å². The summed E-state index contributed by atoms with van der Waals surface area (Å²) in [7, 11) is 0. The third-order valence-electron chi connectivity index (χ3n) is 5.16. The van der Waals surface area contributed by atoms with Crippen molar-refractivity contribution in [1.29, 1.82) is 0 Å². The van der Waals surface area contributed by atoms with Crippen molar-refractivity contribution in [2.24, 2.45) is 0 Å². The minimum absolute atomic E-state index is 0. The highest BCUT2D eigenvalue weighted by molar-refractivity contribution is 7.17. The molecular weight excluding hydrogens is 408 g/mol. The number of ether oxygens (including phenoxy) is 1. The number of thiophene rings is 1. The van der Waals surface area contributed by atoms with E-state index in [-0.39, 0.29) is 30.7 Å². The van der Waals surface area contributed by atoms with E-state index in [0.717, 1.165) is 47.6 Å². The van der Waals surface area contributed by atoms with Crippen molar-refractivity contribution in [2.75, 3.05) is 25.0 Å². The maximum atomic E-state index is 12.7. The number of nitrogens with one attached hydrogen (secondary N) is 1. The molecule has 7 heteroatoms. The summed E-state index contributed by atoms with van der Waals surface area (Å²) in [6, 6.07) is 6.09. The van der Waals surface area contributed by atoms with E-state index in [1.807, 2.05) is 26.0 Å². The predicted octanol–water partition coefficient (Wildman–Crippen LogP) is 4.52. The molecule has 1 N–H and O–H groups in total. The van der Waals surface area contributed by atoms with Gasteiger partial charge in [0.15, 0.2) is 0 Å². The molecule has 0 spiro atoms. The van der Waals surface area contributed by atoms with Crippen LogP contribution in [0.4, 0.5) is 5.00 Å². The zero-order valence-corrected chi connectivity index (χ0v) is 19.1. The number of amides is 1. The standard InChI is InChI=1S/C22H28N2O3S.ClH/c1-5-24-10-9-17-18(13-24)28-21(20(17)22(26)27-6-2)23-19(25)12-16-8-7-14(3)11-15(16)4;/h7-8,11H,5-6,9-10,12-13H2,1-4H3,(H,23,25);1H. The average Bonchev–Trinajstić information content (AvgIpc) is 3.00. The van der Waals surface area contributed by atoms with Gasteiger partial charge in [-0.3, -0.25) is 9.69 Å². The van der Waals surface area contributed by atoms with E-state index in [0.29, 0.717) is 17.2 Å². The normalized spacial score (nSPS) is 13.4. The Morgan fingerprint density at radius 3 is 2.66 bits per heavy atom. The molecule has 1 aromatic heterocycles. The summed E-state index contributed by atoms with van der Waals surface area (Å²) in [5, 5.41) is 3.61. The van der Waals surface area contributed by atoms with Crippen LogP contribution in [0.1, 0.15) is 51.3 Å². The molecule has 0 fully saturated rings. The summed E-state index contributed by atoms with van der Waals surface area (Å²) in [6.07, 6.45) is 1.10.